The van der Waals surface area contributed by atoms with Crippen LogP contribution in [0.1, 0.15) is 49.3 Å². The van der Waals surface area contributed by atoms with E-state index in [9.17, 15) is 9.59 Å². The van der Waals surface area contributed by atoms with Crippen LogP contribution in [-0.2, 0) is 23.2 Å². The molecular weight excluding hydrogens is 306 g/mol. The summed E-state index contributed by atoms with van der Waals surface area (Å²) in [5, 5.41) is 16.0. The number of rotatable bonds is 5. The molecule has 0 bridgehead atoms. The average Bonchev–Trinajstić information content (AvgIpc) is 2.92. The van der Waals surface area contributed by atoms with E-state index in [-0.39, 0.29) is 17.9 Å². The van der Waals surface area contributed by atoms with Crippen molar-refractivity contribution >= 4 is 17.6 Å². The number of carboxylic acids is 1. The first-order valence-electron chi connectivity index (χ1n) is 7.92. The van der Waals surface area contributed by atoms with E-state index in [4.69, 9.17) is 5.11 Å². The Bertz CT molecular complexity index is 740. The Labute approximate surface area is 141 Å². The van der Waals surface area contributed by atoms with Crippen LogP contribution in [0.2, 0.25) is 0 Å². The predicted molar refractivity (Wildman–Crippen MR) is 92.3 cm³/mol. The number of anilines is 1. The molecule has 0 spiro atoms. The van der Waals surface area contributed by atoms with Gasteiger partial charge in [-0.15, -0.1) is 0 Å². The highest BCUT2D eigenvalue weighted by molar-refractivity contribution is 6.05. The smallest absolute Gasteiger partial charge is 0.307 e. The molecular formula is C18H23N3O3. The van der Waals surface area contributed by atoms with Gasteiger partial charge in [0.05, 0.1) is 29.4 Å². The third-order valence-electron chi connectivity index (χ3n) is 3.65. The van der Waals surface area contributed by atoms with E-state index in [2.05, 4.69) is 10.4 Å². The van der Waals surface area contributed by atoms with Gasteiger partial charge in [0.15, 0.2) is 0 Å². The number of amides is 1. The highest BCUT2D eigenvalue weighted by Crippen LogP contribution is 2.21. The second-order valence-electron chi connectivity index (χ2n) is 6.66. The molecule has 1 heterocycles. The minimum absolute atomic E-state index is 0.0352. The van der Waals surface area contributed by atoms with E-state index in [1.54, 1.807) is 30.5 Å². The Morgan fingerprint density at radius 1 is 1.21 bits per heavy atom. The summed E-state index contributed by atoms with van der Waals surface area (Å²) in [7, 11) is 0. The summed E-state index contributed by atoms with van der Waals surface area (Å²) in [6.07, 6.45) is 2.27. The summed E-state index contributed by atoms with van der Waals surface area (Å²) >= 11 is 0. The molecule has 1 aromatic carbocycles. The van der Waals surface area contributed by atoms with Crippen LogP contribution in [0.3, 0.4) is 0 Å². The number of aromatic nitrogens is 2. The first kappa shape index (κ1) is 17.7. The number of carboxylic acid groups (broad SMARTS) is 1. The van der Waals surface area contributed by atoms with Crippen LogP contribution in [0.25, 0.3) is 0 Å². The lowest BCUT2D eigenvalue weighted by molar-refractivity contribution is -0.136. The fourth-order valence-corrected chi connectivity index (χ4v) is 2.56. The topological polar surface area (TPSA) is 84.2 Å². The molecule has 1 aromatic heterocycles. The van der Waals surface area contributed by atoms with Crippen LogP contribution in [0.4, 0.5) is 5.69 Å². The van der Waals surface area contributed by atoms with Crippen LogP contribution in [0, 0.1) is 0 Å². The van der Waals surface area contributed by atoms with E-state index >= 15 is 0 Å². The normalized spacial score (nSPS) is 11.3. The van der Waals surface area contributed by atoms with Crippen molar-refractivity contribution in [1.29, 1.82) is 0 Å². The maximum absolute atomic E-state index is 12.5. The molecule has 2 rings (SSSR count). The third-order valence-corrected chi connectivity index (χ3v) is 3.65. The molecule has 6 heteroatoms. The van der Waals surface area contributed by atoms with Gasteiger partial charge in [0.1, 0.15) is 0 Å². The molecule has 0 fully saturated rings. The molecule has 0 aliphatic heterocycles. The number of hydrogen-bond acceptors (Lipinski definition) is 3. The fraction of sp³-hybridized carbons (Fsp3) is 0.389. The standard InChI is InChI=1S/C18H23N3O3/c1-5-15-14(11-19-21(15)18(2,3)4)17(24)20-13-8-6-12(7-9-13)10-16(22)23/h6-9,11H,5,10H2,1-4H3,(H,20,24)(H,22,23). The quantitative estimate of drug-likeness (QED) is 0.883. The molecule has 6 nitrogen and oxygen atoms in total. The highest BCUT2D eigenvalue weighted by Gasteiger charge is 2.23. The Hall–Kier alpha value is -2.63. The summed E-state index contributed by atoms with van der Waals surface area (Å²) in [5.41, 5.74) is 2.57. The molecule has 0 saturated heterocycles. The van der Waals surface area contributed by atoms with Crippen molar-refractivity contribution in [3.8, 4) is 0 Å². The molecule has 2 aromatic rings. The van der Waals surface area contributed by atoms with Gasteiger partial charge in [-0.3, -0.25) is 14.3 Å². The molecule has 0 radical (unpaired) electrons. The Morgan fingerprint density at radius 2 is 1.83 bits per heavy atom. The Kier molecular flexibility index (Phi) is 5.07. The first-order valence-corrected chi connectivity index (χ1v) is 7.92. The van der Waals surface area contributed by atoms with Crippen LogP contribution in [-0.4, -0.2) is 26.8 Å². The number of carbonyl (C=O) groups excluding carboxylic acids is 1. The zero-order valence-electron chi connectivity index (χ0n) is 14.5. The van der Waals surface area contributed by atoms with Crippen LogP contribution in [0.5, 0.6) is 0 Å². The van der Waals surface area contributed by atoms with E-state index in [0.29, 0.717) is 23.2 Å². The Balaban J connectivity index is 2.18. The zero-order valence-corrected chi connectivity index (χ0v) is 14.5. The summed E-state index contributed by atoms with van der Waals surface area (Å²) in [6, 6.07) is 6.80. The average molecular weight is 329 g/mol. The minimum atomic E-state index is -0.881. The first-order chi connectivity index (χ1) is 11.2. The third kappa shape index (κ3) is 4.01. The van der Waals surface area contributed by atoms with E-state index in [0.717, 1.165) is 5.69 Å². The predicted octanol–water partition coefficient (Wildman–Crippen LogP) is 3.08. The van der Waals surface area contributed by atoms with Gasteiger partial charge in [-0.05, 0) is 44.9 Å². The molecule has 0 aliphatic carbocycles. The maximum atomic E-state index is 12.5. The SMILES string of the molecule is CCc1c(C(=O)Nc2ccc(CC(=O)O)cc2)cnn1C(C)(C)C. The van der Waals surface area contributed by atoms with Crippen molar-refractivity contribution < 1.29 is 14.7 Å². The monoisotopic (exact) mass is 329 g/mol. The van der Waals surface area contributed by atoms with Gasteiger partial charge < -0.3 is 10.4 Å². The lowest BCUT2D eigenvalue weighted by atomic mass is 10.1. The molecule has 24 heavy (non-hydrogen) atoms. The number of carbonyl (C=O) groups is 2. The van der Waals surface area contributed by atoms with Gasteiger partial charge in [-0.1, -0.05) is 19.1 Å². The molecule has 0 saturated carbocycles. The van der Waals surface area contributed by atoms with Crippen LogP contribution in [0.15, 0.2) is 30.5 Å². The number of hydrogen-bond donors (Lipinski definition) is 2. The van der Waals surface area contributed by atoms with Gasteiger partial charge >= 0.3 is 5.97 Å². The van der Waals surface area contributed by atoms with Gasteiger partial charge in [-0.25, -0.2) is 0 Å². The lowest BCUT2D eigenvalue weighted by Gasteiger charge is -2.22. The van der Waals surface area contributed by atoms with Crippen molar-refractivity contribution in [2.24, 2.45) is 0 Å². The van der Waals surface area contributed by atoms with Crippen molar-refractivity contribution in [2.45, 2.75) is 46.1 Å². The summed E-state index contributed by atoms with van der Waals surface area (Å²) < 4.78 is 1.87. The second kappa shape index (κ2) is 6.86. The molecule has 0 atom stereocenters. The van der Waals surface area contributed by atoms with Gasteiger partial charge in [0.2, 0.25) is 0 Å². The highest BCUT2D eigenvalue weighted by atomic mass is 16.4. The minimum Gasteiger partial charge on any atom is -0.481 e. The second-order valence-corrected chi connectivity index (χ2v) is 6.66. The molecule has 0 aliphatic rings. The molecule has 2 N–H and O–H groups in total. The van der Waals surface area contributed by atoms with E-state index in [1.807, 2.05) is 32.4 Å². The largest absolute Gasteiger partial charge is 0.481 e. The van der Waals surface area contributed by atoms with Crippen molar-refractivity contribution in [1.82, 2.24) is 9.78 Å². The Morgan fingerprint density at radius 3 is 2.33 bits per heavy atom. The number of nitrogens with zero attached hydrogens (tertiary/aromatic N) is 2. The van der Waals surface area contributed by atoms with Gasteiger partial charge in [0.25, 0.3) is 5.91 Å². The van der Waals surface area contributed by atoms with Crippen molar-refractivity contribution in [3.05, 3.63) is 47.3 Å². The van der Waals surface area contributed by atoms with E-state index in [1.165, 1.54) is 0 Å². The summed E-state index contributed by atoms with van der Waals surface area (Å²) in [4.78, 5) is 23.2. The molecule has 128 valence electrons. The molecule has 0 unspecified atom stereocenters. The summed E-state index contributed by atoms with van der Waals surface area (Å²) in [5.74, 6) is -1.10. The van der Waals surface area contributed by atoms with Gasteiger partial charge in [0, 0.05) is 5.69 Å². The number of aliphatic carboxylic acids is 1. The number of benzene rings is 1. The number of nitrogens with one attached hydrogen (secondary N) is 1. The van der Waals surface area contributed by atoms with Crippen molar-refractivity contribution in [2.75, 3.05) is 5.32 Å². The lowest BCUT2D eigenvalue weighted by Crippen LogP contribution is -2.26. The van der Waals surface area contributed by atoms with Crippen molar-refractivity contribution in [3.63, 3.8) is 0 Å². The molecule has 1 amide bonds. The van der Waals surface area contributed by atoms with E-state index < -0.39 is 5.97 Å². The van der Waals surface area contributed by atoms with Crippen LogP contribution >= 0.6 is 0 Å². The van der Waals surface area contributed by atoms with Crippen LogP contribution < -0.4 is 5.32 Å². The van der Waals surface area contributed by atoms with Gasteiger partial charge in [-0.2, -0.15) is 5.10 Å². The maximum Gasteiger partial charge on any atom is 0.307 e. The zero-order chi connectivity index (χ0) is 17.9. The fourth-order valence-electron chi connectivity index (χ4n) is 2.56. The summed E-state index contributed by atoms with van der Waals surface area (Å²) in [6.45, 7) is 8.13.